The lowest BCUT2D eigenvalue weighted by atomic mass is 9.82. The van der Waals surface area contributed by atoms with Gasteiger partial charge in [-0.2, -0.15) is 0 Å². The zero-order valence-corrected chi connectivity index (χ0v) is 19.5. The second kappa shape index (κ2) is 9.22. The van der Waals surface area contributed by atoms with Gasteiger partial charge >= 0.3 is 0 Å². The number of fused-ring (bicyclic) bond motifs is 1. The summed E-state index contributed by atoms with van der Waals surface area (Å²) in [6.07, 6.45) is 3.10. The Balaban J connectivity index is 1.35. The average Bonchev–Trinajstić information content (AvgIpc) is 3.13. The Morgan fingerprint density at radius 2 is 1.53 bits per heavy atom. The number of allylic oxidation sites excluding steroid dienone is 2. The number of rotatable bonds is 5. The number of hydrogen-bond donors (Lipinski definition) is 1. The van der Waals surface area contributed by atoms with Gasteiger partial charge in [-0.3, -0.25) is 24.5 Å². The van der Waals surface area contributed by atoms with Crippen LogP contribution in [-0.4, -0.2) is 22.6 Å². The third-order valence-electron chi connectivity index (χ3n) is 6.77. The van der Waals surface area contributed by atoms with Crippen molar-refractivity contribution < 1.29 is 19.3 Å². The monoisotopic (exact) mass is 481 g/mol. The molecule has 180 valence electrons. The van der Waals surface area contributed by atoms with E-state index in [-0.39, 0.29) is 34.9 Å². The van der Waals surface area contributed by atoms with E-state index in [4.69, 9.17) is 0 Å². The number of anilines is 2. The molecular formula is C28H23N3O5. The van der Waals surface area contributed by atoms with E-state index in [0.29, 0.717) is 24.2 Å². The van der Waals surface area contributed by atoms with Crippen LogP contribution in [0, 0.1) is 22.0 Å². The van der Waals surface area contributed by atoms with Gasteiger partial charge in [0, 0.05) is 17.8 Å². The maximum absolute atomic E-state index is 13.2. The minimum Gasteiger partial charge on any atom is -0.322 e. The van der Waals surface area contributed by atoms with Gasteiger partial charge in [0.1, 0.15) is 0 Å². The van der Waals surface area contributed by atoms with Crippen molar-refractivity contribution in [1.29, 1.82) is 0 Å². The van der Waals surface area contributed by atoms with E-state index in [2.05, 4.69) is 5.32 Å². The fraction of sp³-hybridized carbons (Fsp3) is 0.179. The Labute approximate surface area is 207 Å². The molecule has 0 bridgehead atoms. The SMILES string of the molecule is CC1=CC[C@@H]2C(=O)N(c3ccccc3C(=O)Nc3ccc(-c4ccc([N+](=O)[O-])cc4)cc3)C(=O)[C@@H]2C1. The van der Waals surface area contributed by atoms with Gasteiger partial charge in [-0.15, -0.1) is 0 Å². The summed E-state index contributed by atoms with van der Waals surface area (Å²) in [6, 6.07) is 19.9. The molecule has 2 aliphatic rings. The van der Waals surface area contributed by atoms with Crippen LogP contribution < -0.4 is 10.2 Å². The Bertz CT molecular complexity index is 1410. The van der Waals surface area contributed by atoms with Gasteiger partial charge < -0.3 is 5.32 Å². The van der Waals surface area contributed by atoms with Crippen molar-refractivity contribution in [1.82, 2.24) is 0 Å². The number of hydrogen-bond acceptors (Lipinski definition) is 5. The van der Waals surface area contributed by atoms with Crippen molar-refractivity contribution >= 4 is 34.8 Å². The Hall–Kier alpha value is -4.59. The molecule has 0 radical (unpaired) electrons. The molecule has 1 N–H and O–H groups in total. The van der Waals surface area contributed by atoms with Crippen LogP contribution in [0.3, 0.4) is 0 Å². The predicted octanol–water partition coefficient (Wildman–Crippen LogP) is 5.36. The van der Waals surface area contributed by atoms with Gasteiger partial charge in [0.2, 0.25) is 11.8 Å². The lowest BCUT2D eigenvalue weighted by Crippen LogP contribution is -2.33. The molecule has 2 atom stereocenters. The zero-order chi connectivity index (χ0) is 25.4. The number of imide groups is 1. The van der Waals surface area contributed by atoms with Crippen LogP contribution in [0.1, 0.15) is 30.1 Å². The molecule has 0 unspecified atom stereocenters. The standard InChI is InChI=1S/C28H23N3O5/c1-17-6-15-22-24(16-17)28(34)30(27(22)33)25-5-3-2-4-23(25)26(32)29-20-11-7-18(8-12-20)19-9-13-21(14-10-19)31(35)36/h2-14,22,24H,15-16H2,1H3,(H,29,32)/t22-,24+/m0/s1. The highest BCUT2D eigenvalue weighted by Crippen LogP contribution is 2.40. The minimum atomic E-state index is -0.449. The second-order valence-corrected chi connectivity index (χ2v) is 9.07. The normalized spacial score (nSPS) is 19.0. The quantitative estimate of drug-likeness (QED) is 0.228. The average molecular weight is 482 g/mol. The Morgan fingerprint density at radius 1 is 0.917 bits per heavy atom. The lowest BCUT2D eigenvalue weighted by Gasteiger charge is -2.19. The van der Waals surface area contributed by atoms with Gasteiger partial charge in [-0.05, 0) is 67.3 Å². The number of benzene rings is 3. The topological polar surface area (TPSA) is 110 Å². The first kappa shape index (κ1) is 23.2. The number of para-hydroxylation sites is 1. The fourth-order valence-electron chi connectivity index (χ4n) is 4.86. The lowest BCUT2D eigenvalue weighted by molar-refractivity contribution is -0.384. The highest BCUT2D eigenvalue weighted by Gasteiger charge is 2.49. The van der Waals surface area contributed by atoms with Gasteiger partial charge in [-0.1, -0.05) is 35.9 Å². The van der Waals surface area contributed by atoms with Gasteiger partial charge in [-0.25, -0.2) is 4.90 Å². The van der Waals surface area contributed by atoms with Crippen molar-refractivity contribution in [3.63, 3.8) is 0 Å². The first-order valence-electron chi connectivity index (χ1n) is 11.6. The molecule has 3 aromatic carbocycles. The summed E-state index contributed by atoms with van der Waals surface area (Å²) < 4.78 is 0. The number of nitro benzene ring substituents is 1. The van der Waals surface area contributed by atoms with E-state index in [0.717, 1.165) is 16.7 Å². The van der Waals surface area contributed by atoms with Gasteiger partial charge in [0.15, 0.2) is 0 Å². The third kappa shape index (κ3) is 4.17. The number of nitro groups is 1. The van der Waals surface area contributed by atoms with Crippen LogP contribution in [-0.2, 0) is 9.59 Å². The second-order valence-electron chi connectivity index (χ2n) is 9.07. The first-order chi connectivity index (χ1) is 17.3. The minimum absolute atomic E-state index is 0.0157. The van der Waals surface area contributed by atoms with Crippen LogP contribution in [0.5, 0.6) is 0 Å². The maximum atomic E-state index is 13.2. The van der Waals surface area contributed by atoms with E-state index in [9.17, 15) is 24.5 Å². The molecule has 1 aliphatic heterocycles. The van der Waals surface area contributed by atoms with E-state index >= 15 is 0 Å². The summed E-state index contributed by atoms with van der Waals surface area (Å²) in [4.78, 5) is 51.1. The maximum Gasteiger partial charge on any atom is 0.269 e. The first-order valence-corrected chi connectivity index (χ1v) is 11.6. The van der Waals surface area contributed by atoms with Gasteiger partial charge in [0.05, 0.1) is 28.0 Å². The van der Waals surface area contributed by atoms with Crippen LogP contribution in [0.15, 0.2) is 84.4 Å². The Morgan fingerprint density at radius 3 is 2.19 bits per heavy atom. The predicted molar refractivity (Wildman–Crippen MR) is 135 cm³/mol. The van der Waals surface area contributed by atoms with E-state index in [1.165, 1.54) is 17.0 Å². The summed E-state index contributed by atoms with van der Waals surface area (Å²) >= 11 is 0. The molecule has 1 aliphatic carbocycles. The molecule has 36 heavy (non-hydrogen) atoms. The van der Waals surface area contributed by atoms with Crippen molar-refractivity contribution in [3.8, 4) is 11.1 Å². The number of carbonyl (C=O) groups excluding carboxylic acids is 3. The van der Waals surface area contributed by atoms with Gasteiger partial charge in [0.25, 0.3) is 11.6 Å². The molecule has 3 aromatic rings. The number of nitrogens with zero attached hydrogens (tertiary/aromatic N) is 2. The molecule has 0 aromatic heterocycles. The molecular weight excluding hydrogens is 458 g/mol. The van der Waals surface area contributed by atoms with Crippen LogP contribution in [0.4, 0.5) is 17.1 Å². The van der Waals surface area contributed by atoms with Crippen molar-refractivity contribution in [2.45, 2.75) is 19.8 Å². The molecule has 8 nitrogen and oxygen atoms in total. The summed E-state index contributed by atoms with van der Waals surface area (Å²) in [7, 11) is 0. The van der Waals surface area contributed by atoms with Crippen molar-refractivity contribution in [3.05, 3.63) is 100 Å². The summed E-state index contributed by atoms with van der Waals surface area (Å²) in [5, 5.41) is 13.7. The van der Waals surface area contributed by atoms with Crippen LogP contribution in [0.25, 0.3) is 11.1 Å². The molecule has 3 amide bonds. The fourth-order valence-corrected chi connectivity index (χ4v) is 4.86. The number of carbonyl (C=O) groups is 3. The van der Waals surface area contributed by atoms with E-state index in [1.54, 1.807) is 60.7 Å². The van der Waals surface area contributed by atoms with E-state index in [1.807, 2.05) is 13.0 Å². The summed E-state index contributed by atoms with van der Waals surface area (Å²) in [6.45, 7) is 1.96. The zero-order valence-electron chi connectivity index (χ0n) is 19.5. The molecule has 5 rings (SSSR count). The van der Waals surface area contributed by atoms with Crippen molar-refractivity contribution in [2.24, 2.45) is 11.8 Å². The highest BCUT2D eigenvalue weighted by molar-refractivity contribution is 6.25. The molecule has 1 fully saturated rings. The molecule has 0 spiro atoms. The number of nitrogens with one attached hydrogen (secondary N) is 1. The molecule has 1 saturated heterocycles. The number of non-ortho nitro benzene ring substituents is 1. The molecule has 1 heterocycles. The third-order valence-corrected chi connectivity index (χ3v) is 6.77. The van der Waals surface area contributed by atoms with Crippen LogP contribution in [0.2, 0.25) is 0 Å². The molecule has 0 saturated carbocycles. The largest absolute Gasteiger partial charge is 0.322 e. The number of amides is 3. The van der Waals surface area contributed by atoms with Crippen LogP contribution >= 0.6 is 0 Å². The highest BCUT2D eigenvalue weighted by atomic mass is 16.6. The van der Waals surface area contributed by atoms with E-state index < -0.39 is 10.8 Å². The molecule has 8 heteroatoms. The smallest absolute Gasteiger partial charge is 0.269 e. The Kier molecular flexibility index (Phi) is 5.93. The summed E-state index contributed by atoms with van der Waals surface area (Å²) in [5.74, 6) is -1.72. The summed E-state index contributed by atoms with van der Waals surface area (Å²) in [5.41, 5.74) is 3.82. The van der Waals surface area contributed by atoms with Crippen molar-refractivity contribution in [2.75, 3.05) is 10.2 Å².